The highest BCUT2D eigenvalue weighted by Gasteiger charge is 2.27. The van der Waals surface area contributed by atoms with Gasteiger partial charge in [0.15, 0.2) is 0 Å². The van der Waals surface area contributed by atoms with Crippen molar-refractivity contribution in [3.8, 4) is 0 Å². The molecule has 7 rings (SSSR count). The molecular weight excluding hydrogens is 518 g/mol. The number of nitrogens with one attached hydrogen (secondary N) is 1. The maximum Gasteiger partial charge on any atom is 0.259 e. The summed E-state index contributed by atoms with van der Waals surface area (Å²) in [5, 5.41) is 6.05. The van der Waals surface area contributed by atoms with Crippen LogP contribution in [0.1, 0.15) is 53.2 Å². The van der Waals surface area contributed by atoms with Crippen LogP contribution in [-0.2, 0) is 11.3 Å². The summed E-state index contributed by atoms with van der Waals surface area (Å²) in [4.78, 5) is 41.3. The zero-order valence-electron chi connectivity index (χ0n) is 23.6. The van der Waals surface area contributed by atoms with E-state index in [1.54, 1.807) is 6.20 Å². The van der Waals surface area contributed by atoms with Gasteiger partial charge in [-0.1, -0.05) is 6.07 Å². The van der Waals surface area contributed by atoms with Gasteiger partial charge in [-0.25, -0.2) is 4.98 Å². The van der Waals surface area contributed by atoms with Crippen molar-refractivity contribution in [2.75, 3.05) is 57.4 Å². The van der Waals surface area contributed by atoms with Crippen molar-refractivity contribution < 1.29 is 9.53 Å². The molecule has 0 saturated carbocycles. The van der Waals surface area contributed by atoms with Gasteiger partial charge in [0.05, 0.1) is 28.7 Å². The van der Waals surface area contributed by atoms with E-state index in [1.165, 1.54) is 18.4 Å². The summed E-state index contributed by atoms with van der Waals surface area (Å²) in [7, 11) is 0. The topological polar surface area (TPSA) is 99.6 Å². The molecule has 0 bridgehead atoms. The number of pyridine rings is 2. The Morgan fingerprint density at radius 2 is 1.83 bits per heavy atom. The summed E-state index contributed by atoms with van der Waals surface area (Å²) < 4.78 is 7.54. The van der Waals surface area contributed by atoms with Gasteiger partial charge < -0.3 is 19.5 Å². The fourth-order valence-electron chi connectivity index (χ4n) is 6.72. The molecule has 1 aromatic carbocycles. The standard InChI is InChI=1S/C31H37N7O3/c1-21-17-27-25(28-26(30(39)34-27)19-33-38(28)23-6-15-41-16-7-23)18-24(21)31(40)37-13-11-35(12-14-37)20-22-5-4-8-32-29(22)36-9-2-3-10-36/h4-5,8,17-19,23H,2-3,6-7,9-16,20H2,1H3,(H,34,39). The van der Waals surface area contributed by atoms with Crippen LogP contribution in [0.4, 0.5) is 5.82 Å². The SMILES string of the molecule is Cc1cc2[nH]c(=O)c3cnn(C4CCOCC4)c3c2cc1C(=O)N1CCN(Cc2cccnc2N2CCCC2)CC1. The molecule has 4 aromatic rings. The van der Waals surface area contributed by atoms with Gasteiger partial charge in [-0.3, -0.25) is 19.2 Å². The first-order valence-corrected chi connectivity index (χ1v) is 14.9. The van der Waals surface area contributed by atoms with E-state index in [1.807, 2.05) is 40.9 Å². The minimum atomic E-state index is -0.151. The third-order valence-corrected chi connectivity index (χ3v) is 9.00. The second kappa shape index (κ2) is 10.9. The number of aryl methyl sites for hydroxylation is 1. The van der Waals surface area contributed by atoms with E-state index in [0.717, 1.165) is 73.4 Å². The molecule has 214 valence electrons. The lowest BCUT2D eigenvalue weighted by atomic mass is 10.0. The van der Waals surface area contributed by atoms with Crippen LogP contribution < -0.4 is 10.5 Å². The van der Waals surface area contributed by atoms with Gasteiger partial charge in [-0.15, -0.1) is 0 Å². The van der Waals surface area contributed by atoms with E-state index in [0.29, 0.717) is 37.3 Å². The highest BCUT2D eigenvalue weighted by atomic mass is 16.5. The number of H-pyrrole nitrogens is 1. The Labute approximate surface area is 238 Å². The van der Waals surface area contributed by atoms with Crippen molar-refractivity contribution in [2.45, 2.75) is 45.2 Å². The minimum Gasteiger partial charge on any atom is -0.381 e. The first-order chi connectivity index (χ1) is 20.1. The summed E-state index contributed by atoms with van der Waals surface area (Å²) >= 11 is 0. The number of hydrogen-bond acceptors (Lipinski definition) is 7. The molecule has 3 saturated heterocycles. The molecule has 10 heteroatoms. The molecule has 0 radical (unpaired) electrons. The average Bonchev–Trinajstić information content (AvgIpc) is 3.69. The lowest BCUT2D eigenvalue weighted by molar-refractivity contribution is 0.0628. The second-order valence-electron chi connectivity index (χ2n) is 11.6. The Balaban J connectivity index is 1.12. The first kappa shape index (κ1) is 26.2. The fourth-order valence-corrected chi connectivity index (χ4v) is 6.72. The van der Waals surface area contributed by atoms with Gasteiger partial charge in [-0.2, -0.15) is 5.10 Å². The summed E-state index contributed by atoms with van der Waals surface area (Å²) in [6.07, 6.45) is 7.70. The number of benzene rings is 1. The summed E-state index contributed by atoms with van der Waals surface area (Å²) in [6.45, 7) is 9.31. The molecule has 0 atom stereocenters. The molecule has 41 heavy (non-hydrogen) atoms. The number of hydrogen-bond donors (Lipinski definition) is 1. The smallest absolute Gasteiger partial charge is 0.259 e. The normalized spacial score (nSPS) is 19.0. The van der Waals surface area contributed by atoms with Crippen LogP contribution in [0.2, 0.25) is 0 Å². The van der Waals surface area contributed by atoms with E-state index in [2.05, 4.69) is 25.9 Å². The Hall–Kier alpha value is -3.76. The number of aromatic amines is 1. The molecule has 3 fully saturated rings. The van der Waals surface area contributed by atoms with Crippen LogP contribution in [0.15, 0.2) is 41.5 Å². The van der Waals surface area contributed by atoms with Crippen molar-refractivity contribution in [1.82, 2.24) is 29.5 Å². The van der Waals surface area contributed by atoms with E-state index < -0.39 is 0 Å². The molecule has 3 aliphatic heterocycles. The summed E-state index contributed by atoms with van der Waals surface area (Å²) in [6, 6.07) is 8.28. The van der Waals surface area contributed by atoms with Crippen LogP contribution in [0.25, 0.3) is 21.8 Å². The monoisotopic (exact) mass is 555 g/mol. The molecule has 6 heterocycles. The Morgan fingerprint density at radius 3 is 2.61 bits per heavy atom. The maximum absolute atomic E-state index is 13.9. The van der Waals surface area contributed by atoms with Crippen LogP contribution in [0, 0.1) is 6.92 Å². The summed E-state index contributed by atoms with van der Waals surface area (Å²) in [5.74, 6) is 1.15. The number of amides is 1. The Morgan fingerprint density at radius 1 is 1.05 bits per heavy atom. The lowest BCUT2D eigenvalue weighted by Gasteiger charge is -2.35. The van der Waals surface area contributed by atoms with Crippen molar-refractivity contribution in [1.29, 1.82) is 0 Å². The zero-order chi connectivity index (χ0) is 27.9. The van der Waals surface area contributed by atoms with Gasteiger partial charge in [0, 0.05) is 81.7 Å². The quantitative estimate of drug-likeness (QED) is 0.403. The highest BCUT2D eigenvalue weighted by molar-refractivity contribution is 6.07. The molecule has 3 aromatic heterocycles. The van der Waals surface area contributed by atoms with Crippen LogP contribution in [0.5, 0.6) is 0 Å². The third-order valence-electron chi connectivity index (χ3n) is 9.00. The van der Waals surface area contributed by atoms with E-state index in [-0.39, 0.29) is 17.5 Å². The van der Waals surface area contributed by atoms with Gasteiger partial charge >= 0.3 is 0 Å². The number of piperazine rings is 1. The minimum absolute atomic E-state index is 0.0414. The Bertz CT molecular complexity index is 1640. The number of ether oxygens (including phenoxy) is 1. The third kappa shape index (κ3) is 4.89. The number of rotatable bonds is 5. The van der Waals surface area contributed by atoms with E-state index in [9.17, 15) is 9.59 Å². The van der Waals surface area contributed by atoms with Crippen molar-refractivity contribution in [2.24, 2.45) is 0 Å². The van der Waals surface area contributed by atoms with Gasteiger partial charge in [-0.05, 0) is 56.4 Å². The van der Waals surface area contributed by atoms with Crippen molar-refractivity contribution in [3.05, 3.63) is 63.7 Å². The molecule has 0 unspecified atom stereocenters. The first-order valence-electron chi connectivity index (χ1n) is 14.9. The zero-order valence-corrected chi connectivity index (χ0v) is 23.6. The van der Waals surface area contributed by atoms with Gasteiger partial charge in [0.1, 0.15) is 5.82 Å². The number of aromatic nitrogens is 4. The van der Waals surface area contributed by atoms with Crippen molar-refractivity contribution in [3.63, 3.8) is 0 Å². The number of nitrogens with zero attached hydrogens (tertiary/aromatic N) is 6. The lowest BCUT2D eigenvalue weighted by Crippen LogP contribution is -2.48. The number of carbonyl (C=O) groups is 1. The molecule has 1 amide bonds. The Kier molecular flexibility index (Phi) is 6.96. The van der Waals surface area contributed by atoms with Crippen LogP contribution in [0.3, 0.4) is 0 Å². The number of anilines is 1. The number of fused-ring (bicyclic) bond motifs is 3. The van der Waals surface area contributed by atoms with Crippen LogP contribution >= 0.6 is 0 Å². The largest absolute Gasteiger partial charge is 0.381 e. The fraction of sp³-hybridized carbons (Fsp3) is 0.484. The molecule has 0 spiro atoms. The predicted octanol–water partition coefficient (Wildman–Crippen LogP) is 3.49. The van der Waals surface area contributed by atoms with E-state index in [4.69, 9.17) is 9.72 Å². The molecule has 0 aliphatic carbocycles. The van der Waals surface area contributed by atoms with E-state index >= 15 is 0 Å². The summed E-state index contributed by atoms with van der Waals surface area (Å²) in [5.41, 5.74) is 4.20. The predicted molar refractivity (Wildman–Crippen MR) is 159 cm³/mol. The molecule has 1 N–H and O–H groups in total. The van der Waals surface area contributed by atoms with Crippen LogP contribution in [-0.4, -0.2) is 87.9 Å². The second-order valence-corrected chi connectivity index (χ2v) is 11.6. The van der Waals surface area contributed by atoms with Gasteiger partial charge in [0.25, 0.3) is 11.5 Å². The average molecular weight is 556 g/mol. The van der Waals surface area contributed by atoms with Crippen molar-refractivity contribution >= 4 is 33.5 Å². The highest BCUT2D eigenvalue weighted by Crippen LogP contribution is 2.30. The van der Waals surface area contributed by atoms with Gasteiger partial charge in [0.2, 0.25) is 0 Å². The number of carbonyl (C=O) groups excluding carboxylic acids is 1. The maximum atomic E-state index is 13.9. The molecular formula is C31H37N7O3. The molecule has 10 nitrogen and oxygen atoms in total. The molecule has 3 aliphatic rings.